The summed E-state index contributed by atoms with van der Waals surface area (Å²) in [6.45, 7) is 14.5. The van der Waals surface area contributed by atoms with Gasteiger partial charge in [-0.2, -0.15) is 53.7 Å². The van der Waals surface area contributed by atoms with Gasteiger partial charge in [0.1, 0.15) is 0 Å². The predicted molar refractivity (Wildman–Crippen MR) is 266 cm³/mol. The van der Waals surface area contributed by atoms with Crippen LogP contribution in [-0.4, -0.2) is 42.4 Å². The Morgan fingerprint density at radius 1 is 0.350 bits per heavy atom. The van der Waals surface area contributed by atoms with E-state index in [-0.39, 0.29) is 26.2 Å². The summed E-state index contributed by atoms with van der Waals surface area (Å²) in [6, 6.07) is 79.6. The van der Waals surface area contributed by atoms with Gasteiger partial charge in [0.05, 0.1) is 0 Å². The molecule has 0 aromatic heterocycles. The quantitative estimate of drug-likeness (QED) is 0.0958. The first-order chi connectivity index (χ1) is 28.3. The molecule has 0 atom stereocenters. The average Bonchev–Trinajstić information content (AvgIpc) is 3.82. The minimum atomic E-state index is -2.88. The molecule has 2 N–H and O–H groups in total. The second-order valence-electron chi connectivity index (χ2n) is 16.6. The molecule has 0 saturated carbocycles. The van der Waals surface area contributed by atoms with Crippen molar-refractivity contribution in [2.45, 2.75) is 39.3 Å². The Bertz CT molecular complexity index is 1980. The number of rotatable bonds is 8. The molecule has 0 amide bonds. The van der Waals surface area contributed by atoms with Crippen LogP contribution in [0.15, 0.2) is 231 Å². The van der Waals surface area contributed by atoms with Crippen LogP contribution in [0.25, 0.3) is 0 Å². The van der Waals surface area contributed by atoms with Crippen molar-refractivity contribution >= 4 is 74.3 Å². The molecule has 7 heteroatoms. The van der Waals surface area contributed by atoms with Crippen LogP contribution in [0.4, 0.5) is 0 Å². The fourth-order valence-electron chi connectivity index (χ4n) is 6.79. The molecule has 0 spiro atoms. The Morgan fingerprint density at radius 3 is 0.750 bits per heavy atom. The summed E-state index contributed by atoms with van der Waals surface area (Å²) in [4.78, 5) is 23.1. The van der Waals surface area contributed by atoms with Gasteiger partial charge >= 0.3 is 26.2 Å². The molecule has 0 aliphatic heterocycles. The van der Waals surface area contributed by atoms with E-state index in [0.717, 1.165) is 31.1 Å². The molecule has 0 aliphatic carbocycles. The van der Waals surface area contributed by atoms with E-state index < -0.39 is 32.8 Å². The molecule has 0 bridgehead atoms. The summed E-state index contributed by atoms with van der Waals surface area (Å²) in [5.74, 6) is 0. The van der Waals surface area contributed by atoms with Crippen LogP contribution in [0.2, 0.25) is 39.3 Å². The standard InChI is InChI=1S/2C18H16OSi.C11H21Si2.C6H5.Zr/c2*19-20(16-10-4-1-5-11-16,17-12-6-2-7-13-17)18-14-8-3-9-15-18;1-12(2,3)10-7-8-11(9-10)13(4,5)6;1-2-4-6-5-3-1;/h2*1-15,19H;7-9H,1-6H3;1-5H;/q;;2*-1;+2. The van der Waals surface area contributed by atoms with Gasteiger partial charge in [0.2, 0.25) is 0 Å². The largest absolute Gasteiger partial charge is 2.00 e. The van der Waals surface area contributed by atoms with Crippen LogP contribution in [0, 0.1) is 6.07 Å². The zero-order valence-corrected chi connectivity index (χ0v) is 42.3. The maximum absolute atomic E-state index is 11.6. The maximum Gasteiger partial charge on any atom is 2.00 e. The molecule has 8 aromatic carbocycles. The van der Waals surface area contributed by atoms with Gasteiger partial charge in [-0.25, -0.2) is 11.3 Å². The monoisotopic (exact) mass is 928 g/mol. The van der Waals surface area contributed by atoms with Crippen LogP contribution in [-0.2, 0) is 26.2 Å². The molecule has 0 unspecified atom stereocenters. The Balaban J connectivity index is 0.000000187. The smallest absolute Gasteiger partial charge is 0.421 e. The molecule has 8 rings (SSSR count). The molecule has 0 aliphatic rings. The zero-order chi connectivity index (χ0) is 42.2. The zero-order valence-electron chi connectivity index (χ0n) is 35.8. The summed E-state index contributed by atoms with van der Waals surface area (Å²) in [7, 11) is -7.89. The van der Waals surface area contributed by atoms with Crippen molar-refractivity contribution in [2.75, 3.05) is 0 Å². The summed E-state index contributed by atoms with van der Waals surface area (Å²) in [6.07, 6.45) is 0. The maximum atomic E-state index is 11.6. The molecule has 8 aromatic rings. The molecule has 0 fully saturated rings. The minimum Gasteiger partial charge on any atom is -0.421 e. The van der Waals surface area contributed by atoms with E-state index in [4.69, 9.17) is 0 Å². The van der Waals surface area contributed by atoms with Crippen molar-refractivity contribution in [3.63, 3.8) is 0 Å². The number of hydrogen-bond acceptors (Lipinski definition) is 2. The van der Waals surface area contributed by atoms with Crippen molar-refractivity contribution in [1.82, 2.24) is 0 Å². The number of benzene rings is 7. The molecule has 0 saturated heterocycles. The van der Waals surface area contributed by atoms with Gasteiger partial charge in [-0.3, -0.25) is 0 Å². The second kappa shape index (κ2) is 23.0. The van der Waals surface area contributed by atoms with Crippen LogP contribution < -0.4 is 41.5 Å². The van der Waals surface area contributed by atoms with Gasteiger partial charge in [-0.05, 0) is 31.1 Å². The molecule has 60 heavy (non-hydrogen) atoms. The van der Waals surface area contributed by atoms with E-state index in [1.807, 2.05) is 212 Å². The van der Waals surface area contributed by atoms with Gasteiger partial charge < -0.3 is 9.59 Å². The van der Waals surface area contributed by atoms with Crippen molar-refractivity contribution in [2.24, 2.45) is 0 Å². The molecule has 0 heterocycles. The fraction of sp³-hybridized carbons (Fsp3) is 0.113. The molecular formula is C53H58O2Si4Zr. The normalized spacial score (nSPS) is 11.2. The summed E-state index contributed by atoms with van der Waals surface area (Å²) in [5.41, 5.74) is 0. The van der Waals surface area contributed by atoms with Crippen molar-refractivity contribution < 1.29 is 35.8 Å². The first-order valence-electron chi connectivity index (χ1n) is 20.3. The Hall–Kier alpha value is -4.44. The summed E-state index contributed by atoms with van der Waals surface area (Å²) in [5, 5.41) is 9.30. The first-order valence-corrected chi connectivity index (χ1v) is 31.2. The average molecular weight is 931 g/mol. The SMILES string of the molecule is C[Si](C)(C)c1cc[c-]([Si](C)(C)C)c1.O[Si](c1ccccc1)(c1ccccc1)c1ccccc1.O[Si](c1ccccc1)(c1ccccc1)c1ccccc1.[Zr+2].[c-]1ccccc1. The molecular weight excluding hydrogens is 872 g/mol. The predicted octanol–water partition coefficient (Wildman–Crippen LogP) is 7.27. The van der Waals surface area contributed by atoms with E-state index >= 15 is 0 Å². The Kier molecular flexibility index (Phi) is 18.5. The molecule has 0 radical (unpaired) electrons. The van der Waals surface area contributed by atoms with Crippen LogP contribution in [0.3, 0.4) is 0 Å². The van der Waals surface area contributed by atoms with E-state index in [1.165, 1.54) is 0 Å². The fourth-order valence-corrected chi connectivity index (χ4v) is 15.3. The third-order valence-corrected chi connectivity index (χ3v) is 21.3. The van der Waals surface area contributed by atoms with E-state index in [1.54, 1.807) is 10.4 Å². The second-order valence-corrected chi connectivity index (χ2v) is 33.0. The number of hydrogen-bond donors (Lipinski definition) is 2. The van der Waals surface area contributed by atoms with Crippen LogP contribution in [0.5, 0.6) is 0 Å². The van der Waals surface area contributed by atoms with Crippen molar-refractivity contribution in [3.8, 4) is 0 Å². The third-order valence-electron chi connectivity index (χ3n) is 10.2. The Morgan fingerprint density at radius 2 is 0.600 bits per heavy atom. The summed E-state index contributed by atoms with van der Waals surface area (Å²) >= 11 is 0. The topological polar surface area (TPSA) is 40.5 Å². The van der Waals surface area contributed by atoms with Crippen LogP contribution >= 0.6 is 0 Å². The van der Waals surface area contributed by atoms with Crippen molar-refractivity contribution in [3.05, 3.63) is 237 Å². The van der Waals surface area contributed by atoms with Gasteiger partial charge in [-0.1, -0.05) is 221 Å². The Labute approximate surface area is 383 Å². The van der Waals surface area contributed by atoms with Gasteiger partial charge in [0.25, 0.3) is 16.6 Å². The van der Waals surface area contributed by atoms with Crippen LogP contribution in [0.1, 0.15) is 0 Å². The van der Waals surface area contributed by atoms with E-state index in [2.05, 4.69) is 63.5 Å². The first kappa shape index (κ1) is 48.2. The third kappa shape index (κ3) is 13.0. The van der Waals surface area contributed by atoms with Crippen molar-refractivity contribution in [1.29, 1.82) is 0 Å². The molecule has 302 valence electrons. The van der Waals surface area contributed by atoms with Gasteiger partial charge in [0.15, 0.2) is 0 Å². The van der Waals surface area contributed by atoms with Gasteiger partial charge in [-0.15, -0.1) is 0 Å². The minimum absolute atomic E-state index is 0. The van der Waals surface area contributed by atoms with Gasteiger partial charge in [0, 0.05) is 16.1 Å². The van der Waals surface area contributed by atoms with E-state index in [0.29, 0.717) is 0 Å². The summed E-state index contributed by atoms with van der Waals surface area (Å²) < 4.78 is 0. The van der Waals surface area contributed by atoms with E-state index in [9.17, 15) is 9.59 Å². The molecule has 2 nitrogen and oxygen atoms in total.